The highest BCUT2D eigenvalue weighted by Gasteiger charge is 2.47. The molecule has 0 spiro atoms. The highest BCUT2D eigenvalue weighted by Crippen LogP contribution is 2.35. The maximum Gasteiger partial charge on any atom is 0.501 e. The van der Waals surface area contributed by atoms with Crippen molar-refractivity contribution in [3.63, 3.8) is 0 Å². The van der Waals surface area contributed by atoms with Crippen molar-refractivity contribution in [2.75, 3.05) is 10.6 Å². The number of amides is 3. The normalized spacial score (nSPS) is 17.9. The fourth-order valence-corrected chi connectivity index (χ4v) is 4.60. The van der Waals surface area contributed by atoms with E-state index in [-0.39, 0.29) is 5.69 Å². The number of sulfone groups is 1. The Morgan fingerprint density at radius 2 is 1.73 bits per heavy atom. The van der Waals surface area contributed by atoms with Gasteiger partial charge >= 0.3 is 11.5 Å². The number of carbonyl (C=O) groups excluding carboxylic acids is 2. The quantitative estimate of drug-likeness (QED) is 0.555. The van der Waals surface area contributed by atoms with Gasteiger partial charge in [-0.1, -0.05) is 25.1 Å². The Labute approximate surface area is 186 Å². The summed E-state index contributed by atoms with van der Waals surface area (Å²) in [5.74, 6) is -1.22. The molecule has 8 nitrogen and oxygen atoms in total. The zero-order valence-electron chi connectivity index (χ0n) is 17.0. The van der Waals surface area contributed by atoms with Crippen LogP contribution in [0.5, 0.6) is 0 Å². The summed E-state index contributed by atoms with van der Waals surface area (Å²) in [5.41, 5.74) is 2.20. The summed E-state index contributed by atoms with van der Waals surface area (Å²) >= 11 is 0. The van der Waals surface area contributed by atoms with Gasteiger partial charge in [0.25, 0.3) is 15.7 Å². The number of nitrogens with two attached hydrogens (primary N) is 1. The summed E-state index contributed by atoms with van der Waals surface area (Å²) < 4.78 is 61.4. The van der Waals surface area contributed by atoms with E-state index < -0.39 is 44.1 Å². The monoisotopic (exact) mass is 478 g/mol. The molecule has 1 fully saturated rings. The molecule has 3 aromatic rings. The molecule has 4 rings (SSSR count). The van der Waals surface area contributed by atoms with Gasteiger partial charge in [0.05, 0.1) is 28.0 Å². The summed E-state index contributed by atoms with van der Waals surface area (Å²) in [5, 5.41) is 3.29. The minimum absolute atomic E-state index is 0.0686. The molecule has 2 atom stereocenters. The smallest absolute Gasteiger partial charge is 0.397 e. The van der Waals surface area contributed by atoms with Crippen LogP contribution in [0.1, 0.15) is 18.4 Å². The van der Waals surface area contributed by atoms with E-state index in [4.69, 9.17) is 5.73 Å². The number of aromatic nitrogens is 1. The van der Waals surface area contributed by atoms with Gasteiger partial charge in [-0.3, -0.25) is 9.78 Å². The third-order valence-corrected chi connectivity index (χ3v) is 6.98. The molecule has 1 aliphatic heterocycles. The third-order valence-electron chi connectivity index (χ3n) is 5.48. The number of alkyl halides is 3. The van der Waals surface area contributed by atoms with Crippen molar-refractivity contribution in [3.05, 3.63) is 60.3 Å². The van der Waals surface area contributed by atoms with E-state index in [1.807, 2.05) is 0 Å². The van der Waals surface area contributed by atoms with E-state index in [0.717, 1.165) is 17.0 Å². The first kappa shape index (κ1) is 22.5. The molecule has 0 aliphatic carbocycles. The molecule has 33 heavy (non-hydrogen) atoms. The van der Waals surface area contributed by atoms with Gasteiger partial charge in [0.15, 0.2) is 0 Å². The van der Waals surface area contributed by atoms with E-state index in [9.17, 15) is 31.2 Å². The number of halogens is 3. The fraction of sp³-hybridized carbons (Fsp3) is 0.190. The van der Waals surface area contributed by atoms with Gasteiger partial charge in [0.1, 0.15) is 6.04 Å². The van der Waals surface area contributed by atoms with E-state index in [1.165, 1.54) is 6.20 Å². The van der Waals surface area contributed by atoms with Gasteiger partial charge in [-0.05, 0) is 35.9 Å². The predicted octanol–water partition coefficient (Wildman–Crippen LogP) is 3.34. The van der Waals surface area contributed by atoms with Crippen molar-refractivity contribution in [2.24, 2.45) is 0 Å². The Balaban J connectivity index is 1.66. The lowest BCUT2D eigenvalue weighted by molar-refractivity contribution is -0.118. The van der Waals surface area contributed by atoms with Crippen molar-refractivity contribution < 1.29 is 31.2 Å². The van der Waals surface area contributed by atoms with Gasteiger partial charge in [0.2, 0.25) is 0 Å². The van der Waals surface area contributed by atoms with Gasteiger partial charge in [-0.25, -0.2) is 18.1 Å². The van der Waals surface area contributed by atoms with Gasteiger partial charge in [-0.15, -0.1) is 0 Å². The standard InChI is InChI=1S/C21H17F3N4O4S/c1-11(17-14-4-2-3-5-16(14)26-10-15(17)25)18-19(29)28(20(30)27-18)12-6-8-13(9-7-12)33(31,32)21(22,23)24/h2-11,18H,25H2,1H3,(H,27,30). The molecule has 3 amide bonds. The molecule has 172 valence electrons. The third kappa shape index (κ3) is 3.65. The second-order valence-electron chi connectivity index (χ2n) is 7.48. The highest BCUT2D eigenvalue weighted by atomic mass is 32.2. The van der Waals surface area contributed by atoms with Crippen LogP contribution in [-0.2, 0) is 14.6 Å². The lowest BCUT2D eigenvalue weighted by Gasteiger charge is -2.21. The molecular formula is C21H17F3N4O4S. The molecule has 2 aromatic carbocycles. The Bertz CT molecular complexity index is 1370. The first-order valence-electron chi connectivity index (χ1n) is 9.62. The minimum Gasteiger partial charge on any atom is -0.397 e. The van der Waals surface area contributed by atoms with Gasteiger partial charge in [0, 0.05) is 11.3 Å². The van der Waals surface area contributed by atoms with Crippen LogP contribution < -0.4 is 16.0 Å². The fourth-order valence-electron chi connectivity index (χ4n) is 3.84. The number of anilines is 2. The lowest BCUT2D eigenvalue weighted by atomic mass is 9.89. The average molecular weight is 478 g/mol. The van der Waals surface area contributed by atoms with Crippen molar-refractivity contribution in [2.45, 2.75) is 29.3 Å². The Kier molecular flexibility index (Phi) is 5.27. The van der Waals surface area contributed by atoms with Crippen molar-refractivity contribution in [1.82, 2.24) is 10.3 Å². The number of imide groups is 1. The van der Waals surface area contributed by atoms with Crippen LogP contribution in [0.3, 0.4) is 0 Å². The van der Waals surface area contributed by atoms with Crippen LogP contribution in [0.4, 0.5) is 29.3 Å². The minimum atomic E-state index is -5.55. The van der Waals surface area contributed by atoms with Gasteiger partial charge < -0.3 is 11.1 Å². The number of hydrogen-bond donors (Lipinski definition) is 2. The summed E-state index contributed by atoms with van der Waals surface area (Å²) in [7, 11) is -5.55. The number of pyridine rings is 1. The molecule has 1 aromatic heterocycles. The second-order valence-corrected chi connectivity index (χ2v) is 9.42. The summed E-state index contributed by atoms with van der Waals surface area (Å²) in [6.45, 7) is 1.71. The Morgan fingerprint density at radius 1 is 1.09 bits per heavy atom. The summed E-state index contributed by atoms with van der Waals surface area (Å²) in [6.07, 6.45) is 1.47. The number of urea groups is 1. The number of carbonyl (C=O) groups is 2. The number of para-hydroxylation sites is 1. The molecule has 2 heterocycles. The maximum absolute atomic E-state index is 13.1. The van der Waals surface area contributed by atoms with Crippen LogP contribution in [0.25, 0.3) is 10.9 Å². The molecule has 1 aliphatic rings. The molecule has 2 unspecified atom stereocenters. The molecule has 12 heteroatoms. The van der Waals surface area contributed by atoms with Crippen molar-refractivity contribution >= 4 is 44.1 Å². The molecule has 3 N–H and O–H groups in total. The number of nitrogen functional groups attached to an aromatic ring is 1. The van der Waals surface area contributed by atoms with Gasteiger partial charge in [-0.2, -0.15) is 13.2 Å². The molecule has 0 radical (unpaired) electrons. The SMILES string of the molecule is CC(c1c(N)cnc2ccccc12)C1NC(=O)N(c2ccc(S(=O)(=O)C(F)(F)F)cc2)C1=O. The molecule has 0 bridgehead atoms. The average Bonchev–Trinajstić information content (AvgIpc) is 3.06. The highest BCUT2D eigenvalue weighted by molar-refractivity contribution is 7.92. The van der Waals surface area contributed by atoms with Crippen LogP contribution in [0.15, 0.2) is 59.6 Å². The number of rotatable bonds is 4. The topological polar surface area (TPSA) is 122 Å². The number of hydrogen-bond acceptors (Lipinski definition) is 6. The maximum atomic E-state index is 13.1. The largest absolute Gasteiger partial charge is 0.501 e. The van der Waals surface area contributed by atoms with Crippen LogP contribution >= 0.6 is 0 Å². The number of nitrogens with one attached hydrogen (secondary N) is 1. The molecule has 1 saturated heterocycles. The first-order chi connectivity index (χ1) is 15.4. The van der Waals surface area contributed by atoms with E-state index >= 15 is 0 Å². The predicted molar refractivity (Wildman–Crippen MR) is 114 cm³/mol. The van der Waals surface area contributed by atoms with Crippen LogP contribution in [0, 0.1) is 0 Å². The van der Waals surface area contributed by atoms with E-state index in [0.29, 0.717) is 34.3 Å². The van der Waals surface area contributed by atoms with Crippen LogP contribution in [0.2, 0.25) is 0 Å². The van der Waals surface area contributed by atoms with E-state index in [1.54, 1.807) is 31.2 Å². The number of fused-ring (bicyclic) bond motifs is 1. The molecular weight excluding hydrogens is 461 g/mol. The van der Waals surface area contributed by atoms with Crippen LogP contribution in [-0.4, -0.2) is 36.9 Å². The summed E-state index contributed by atoms with van der Waals surface area (Å²) in [4.78, 5) is 29.7. The lowest BCUT2D eigenvalue weighted by Crippen LogP contribution is -2.35. The van der Waals surface area contributed by atoms with E-state index in [2.05, 4.69) is 10.3 Å². The number of nitrogens with zero attached hydrogens (tertiary/aromatic N) is 2. The zero-order valence-corrected chi connectivity index (χ0v) is 17.8. The summed E-state index contributed by atoms with van der Waals surface area (Å²) in [6, 6.07) is 8.70. The van der Waals surface area contributed by atoms with Crippen molar-refractivity contribution in [3.8, 4) is 0 Å². The zero-order chi connectivity index (χ0) is 24.1. The first-order valence-corrected chi connectivity index (χ1v) is 11.1. The second kappa shape index (κ2) is 7.73. The van der Waals surface area contributed by atoms with Crippen molar-refractivity contribution in [1.29, 1.82) is 0 Å². The Morgan fingerprint density at radius 3 is 2.36 bits per heavy atom. The number of benzene rings is 2. The molecule has 0 saturated carbocycles. The Hall–Kier alpha value is -3.67.